The summed E-state index contributed by atoms with van der Waals surface area (Å²) in [6.45, 7) is 0.393. The van der Waals surface area contributed by atoms with E-state index in [-0.39, 0.29) is 15.7 Å². The van der Waals surface area contributed by atoms with Crippen LogP contribution in [0.4, 0.5) is 8.78 Å². The Balaban J connectivity index is 1.39. The van der Waals surface area contributed by atoms with Crippen LogP contribution in [-0.2, 0) is 10.0 Å². The van der Waals surface area contributed by atoms with E-state index in [1.165, 1.54) is 49.7 Å². The van der Waals surface area contributed by atoms with Crippen molar-refractivity contribution in [3.63, 3.8) is 0 Å². The number of nitrogens with one attached hydrogen (secondary N) is 1. The number of amides is 1. The van der Waals surface area contributed by atoms with Crippen LogP contribution in [0.25, 0.3) is 22.0 Å². The molecular formula is C29H25ClF2N2O5S. The SMILES string of the molecule is COc1ccc(F)cc1-c1nccc2cc(S(=O)(=O)NC(=O)c3cc(Cl)c(OCC4CCCC4)cc3F)ccc12. The molecule has 5 rings (SSSR count). The number of fused-ring (bicyclic) bond motifs is 1. The summed E-state index contributed by atoms with van der Waals surface area (Å²) < 4.78 is 67.8. The number of carbonyl (C=O) groups excluding carboxylic acids is 1. The maximum Gasteiger partial charge on any atom is 0.268 e. The second-order valence-electron chi connectivity index (χ2n) is 9.55. The molecule has 11 heteroatoms. The van der Waals surface area contributed by atoms with Gasteiger partial charge in [-0.25, -0.2) is 21.9 Å². The number of hydrogen-bond acceptors (Lipinski definition) is 6. The first kappa shape index (κ1) is 27.8. The molecule has 7 nitrogen and oxygen atoms in total. The lowest BCUT2D eigenvalue weighted by Gasteiger charge is -2.14. The lowest BCUT2D eigenvalue weighted by atomic mass is 10.0. The minimum absolute atomic E-state index is 0.000422. The Kier molecular flexibility index (Phi) is 7.91. The first-order valence-corrected chi connectivity index (χ1v) is 14.4. The third-order valence-corrected chi connectivity index (χ3v) is 8.53. The van der Waals surface area contributed by atoms with Crippen LogP contribution in [0.1, 0.15) is 36.0 Å². The highest BCUT2D eigenvalue weighted by atomic mass is 35.5. The number of halogens is 3. The van der Waals surface area contributed by atoms with Gasteiger partial charge in [-0.1, -0.05) is 30.5 Å². The van der Waals surface area contributed by atoms with Crippen molar-refractivity contribution in [2.75, 3.05) is 13.7 Å². The lowest BCUT2D eigenvalue weighted by molar-refractivity contribution is 0.0977. The lowest BCUT2D eigenvalue weighted by Crippen LogP contribution is -2.31. The predicted octanol–water partition coefficient (Wildman–Crippen LogP) is 6.53. The Labute approximate surface area is 235 Å². The van der Waals surface area contributed by atoms with Gasteiger partial charge in [0.1, 0.15) is 23.1 Å². The Hall–Kier alpha value is -3.76. The summed E-state index contributed by atoms with van der Waals surface area (Å²) in [7, 11) is -2.96. The molecule has 40 heavy (non-hydrogen) atoms. The largest absolute Gasteiger partial charge is 0.496 e. The first-order chi connectivity index (χ1) is 19.2. The fourth-order valence-electron chi connectivity index (χ4n) is 4.84. The van der Waals surface area contributed by atoms with E-state index < -0.39 is 33.1 Å². The Morgan fingerprint density at radius 3 is 2.58 bits per heavy atom. The second kappa shape index (κ2) is 11.4. The molecule has 0 unspecified atom stereocenters. The van der Waals surface area contributed by atoms with Crippen LogP contribution in [0.15, 0.2) is 65.7 Å². The number of nitrogens with zero attached hydrogens (tertiary/aromatic N) is 1. The van der Waals surface area contributed by atoms with Crippen molar-refractivity contribution >= 4 is 38.3 Å². The number of ether oxygens (including phenoxy) is 2. The summed E-state index contributed by atoms with van der Waals surface area (Å²) in [6, 6.07) is 11.7. The van der Waals surface area contributed by atoms with Crippen molar-refractivity contribution in [1.82, 2.24) is 9.71 Å². The molecule has 0 aliphatic heterocycles. The molecule has 1 aromatic heterocycles. The average molecular weight is 587 g/mol. The molecule has 1 saturated carbocycles. The maximum absolute atomic E-state index is 14.8. The minimum atomic E-state index is -4.40. The summed E-state index contributed by atoms with van der Waals surface area (Å²) in [4.78, 5) is 16.9. The van der Waals surface area contributed by atoms with Crippen molar-refractivity contribution in [3.05, 3.63) is 83.0 Å². The van der Waals surface area contributed by atoms with Gasteiger partial charge in [0.05, 0.1) is 34.9 Å². The molecule has 1 fully saturated rings. The van der Waals surface area contributed by atoms with Gasteiger partial charge in [0, 0.05) is 23.2 Å². The molecule has 1 heterocycles. The summed E-state index contributed by atoms with van der Waals surface area (Å²) in [5, 5.41) is 0.993. The van der Waals surface area contributed by atoms with E-state index in [4.69, 9.17) is 21.1 Å². The van der Waals surface area contributed by atoms with Gasteiger partial charge in [0.15, 0.2) is 0 Å². The molecule has 1 amide bonds. The summed E-state index contributed by atoms with van der Waals surface area (Å²) >= 11 is 6.22. The topological polar surface area (TPSA) is 94.6 Å². The van der Waals surface area contributed by atoms with Gasteiger partial charge in [0.2, 0.25) is 0 Å². The molecule has 1 aliphatic carbocycles. The molecule has 3 aromatic carbocycles. The first-order valence-electron chi connectivity index (χ1n) is 12.6. The van der Waals surface area contributed by atoms with Crippen LogP contribution in [0.3, 0.4) is 0 Å². The standard InChI is InChI=1S/C29H25ClF2N2O5S/c1-38-26-9-6-19(31)13-23(26)28-21-8-7-20(12-18(21)10-11-33-28)40(36,37)34-29(35)22-14-24(30)27(15-25(22)32)39-16-17-4-2-3-5-17/h6-15,17H,2-5,16H2,1H3,(H,34,35). The van der Waals surface area contributed by atoms with Crippen LogP contribution >= 0.6 is 11.6 Å². The smallest absolute Gasteiger partial charge is 0.268 e. The van der Waals surface area contributed by atoms with Gasteiger partial charge in [-0.2, -0.15) is 0 Å². The number of methoxy groups -OCH3 is 1. The van der Waals surface area contributed by atoms with Crippen molar-refractivity contribution in [1.29, 1.82) is 0 Å². The number of carbonyl (C=O) groups is 1. The van der Waals surface area contributed by atoms with Crippen LogP contribution in [-0.4, -0.2) is 33.0 Å². The molecule has 4 aromatic rings. The van der Waals surface area contributed by atoms with Crippen LogP contribution < -0.4 is 14.2 Å². The van der Waals surface area contributed by atoms with E-state index in [1.807, 2.05) is 4.72 Å². The number of benzene rings is 3. The van der Waals surface area contributed by atoms with E-state index in [0.29, 0.717) is 40.3 Å². The van der Waals surface area contributed by atoms with Crippen molar-refractivity contribution in [2.24, 2.45) is 5.92 Å². The van der Waals surface area contributed by atoms with Gasteiger partial charge in [-0.3, -0.25) is 9.78 Å². The molecule has 1 aliphatic rings. The van der Waals surface area contributed by atoms with Crippen LogP contribution in [0, 0.1) is 17.6 Å². The number of hydrogen-bond donors (Lipinski definition) is 1. The fourth-order valence-corrected chi connectivity index (χ4v) is 6.06. The molecular weight excluding hydrogens is 562 g/mol. The van der Waals surface area contributed by atoms with Gasteiger partial charge >= 0.3 is 0 Å². The van der Waals surface area contributed by atoms with E-state index in [1.54, 1.807) is 6.07 Å². The zero-order chi connectivity index (χ0) is 28.4. The number of pyridine rings is 1. The molecule has 0 spiro atoms. The molecule has 208 valence electrons. The van der Waals surface area contributed by atoms with Crippen LogP contribution in [0.2, 0.25) is 5.02 Å². The van der Waals surface area contributed by atoms with Gasteiger partial charge in [-0.15, -0.1) is 0 Å². The van der Waals surface area contributed by atoms with Crippen LogP contribution in [0.5, 0.6) is 11.5 Å². The maximum atomic E-state index is 14.8. The van der Waals surface area contributed by atoms with Gasteiger partial charge < -0.3 is 9.47 Å². The second-order valence-corrected chi connectivity index (χ2v) is 11.6. The third-order valence-electron chi connectivity index (χ3n) is 6.91. The molecule has 0 atom stereocenters. The minimum Gasteiger partial charge on any atom is -0.496 e. The highest BCUT2D eigenvalue weighted by molar-refractivity contribution is 7.90. The van der Waals surface area contributed by atoms with Gasteiger partial charge in [0.25, 0.3) is 15.9 Å². The molecule has 0 radical (unpaired) electrons. The predicted molar refractivity (Wildman–Crippen MR) is 147 cm³/mol. The Bertz CT molecular complexity index is 1710. The summed E-state index contributed by atoms with van der Waals surface area (Å²) in [5.41, 5.74) is 0.237. The van der Waals surface area contributed by atoms with Crippen molar-refractivity contribution in [2.45, 2.75) is 30.6 Å². The number of aromatic nitrogens is 1. The fraction of sp³-hybridized carbons (Fsp3) is 0.241. The van der Waals surface area contributed by atoms with E-state index >= 15 is 0 Å². The Morgan fingerprint density at radius 2 is 1.82 bits per heavy atom. The zero-order valence-electron chi connectivity index (χ0n) is 21.4. The monoisotopic (exact) mass is 586 g/mol. The van der Waals surface area contributed by atoms with Crippen molar-refractivity contribution in [3.8, 4) is 22.8 Å². The van der Waals surface area contributed by atoms with E-state index in [2.05, 4.69) is 4.98 Å². The molecule has 0 bridgehead atoms. The third kappa shape index (κ3) is 5.73. The number of sulfonamides is 1. The highest BCUT2D eigenvalue weighted by Crippen LogP contribution is 2.35. The Morgan fingerprint density at radius 1 is 1.05 bits per heavy atom. The quantitative estimate of drug-likeness (QED) is 0.252. The van der Waals surface area contributed by atoms with E-state index in [9.17, 15) is 22.0 Å². The summed E-state index contributed by atoms with van der Waals surface area (Å²) in [6.07, 6.45) is 5.76. The van der Waals surface area contributed by atoms with Crippen molar-refractivity contribution < 1.29 is 31.5 Å². The number of rotatable bonds is 8. The normalized spacial score (nSPS) is 13.9. The van der Waals surface area contributed by atoms with Gasteiger partial charge in [-0.05, 0) is 66.6 Å². The average Bonchev–Trinajstić information content (AvgIpc) is 3.46. The zero-order valence-corrected chi connectivity index (χ0v) is 23.0. The molecule has 0 saturated heterocycles. The van der Waals surface area contributed by atoms with E-state index in [0.717, 1.165) is 37.8 Å². The summed E-state index contributed by atoms with van der Waals surface area (Å²) in [5.74, 6) is -1.77. The molecule has 1 N–H and O–H groups in total. The highest BCUT2D eigenvalue weighted by Gasteiger charge is 2.24.